The van der Waals surface area contributed by atoms with E-state index in [1.807, 2.05) is 14.0 Å². The molecule has 0 amide bonds. The number of hydrogen-bond donors (Lipinski definition) is 1. The standard InChI is InChI=1S/C16H31N3/c1-5-16(6-2)10-12-19(14-16)11-8-7-9-15(3,13-17)18-4/h18H,5-12,14H2,1-4H3. The second kappa shape index (κ2) is 7.26. The van der Waals surface area contributed by atoms with Crippen LogP contribution in [0.1, 0.15) is 59.3 Å². The molecule has 0 aromatic rings. The maximum Gasteiger partial charge on any atom is 0.103 e. The summed E-state index contributed by atoms with van der Waals surface area (Å²) in [5.74, 6) is 0. The minimum atomic E-state index is -0.346. The van der Waals surface area contributed by atoms with Gasteiger partial charge in [0.05, 0.1) is 6.07 Å². The molecule has 0 spiro atoms. The SMILES string of the molecule is CCC1(CC)CCN(CCCCC(C)(C#N)NC)C1. The number of likely N-dealkylation sites (tertiary alicyclic amines) is 1. The quantitative estimate of drug-likeness (QED) is 0.685. The van der Waals surface area contributed by atoms with Crippen molar-refractivity contribution in [1.82, 2.24) is 10.2 Å². The number of rotatable bonds is 8. The summed E-state index contributed by atoms with van der Waals surface area (Å²) in [6.07, 6.45) is 7.28. The summed E-state index contributed by atoms with van der Waals surface area (Å²) in [6, 6.07) is 2.36. The van der Waals surface area contributed by atoms with Gasteiger partial charge in [0.15, 0.2) is 0 Å². The molecule has 0 aromatic heterocycles. The third-order valence-corrected chi connectivity index (χ3v) is 5.22. The van der Waals surface area contributed by atoms with Gasteiger partial charge in [-0.2, -0.15) is 5.26 Å². The van der Waals surface area contributed by atoms with E-state index in [0.29, 0.717) is 5.41 Å². The second-order valence-electron chi connectivity index (χ2n) is 6.38. The highest BCUT2D eigenvalue weighted by Crippen LogP contribution is 2.36. The molecule has 1 saturated heterocycles. The van der Waals surface area contributed by atoms with Crippen LogP contribution in [0.3, 0.4) is 0 Å². The van der Waals surface area contributed by atoms with Crippen LogP contribution in [0.4, 0.5) is 0 Å². The third kappa shape index (κ3) is 4.47. The van der Waals surface area contributed by atoms with E-state index in [4.69, 9.17) is 5.26 Å². The Morgan fingerprint density at radius 1 is 1.32 bits per heavy atom. The first-order valence-corrected chi connectivity index (χ1v) is 7.85. The molecular formula is C16H31N3. The molecule has 0 bridgehead atoms. The van der Waals surface area contributed by atoms with Crippen LogP contribution in [-0.4, -0.2) is 37.1 Å². The Morgan fingerprint density at radius 3 is 2.47 bits per heavy atom. The molecule has 1 fully saturated rings. The third-order valence-electron chi connectivity index (χ3n) is 5.22. The predicted octanol–water partition coefficient (Wildman–Crippen LogP) is 3.17. The molecule has 1 aliphatic rings. The molecule has 0 saturated carbocycles. The molecule has 1 heterocycles. The first-order chi connectivity index (χ1) is 9.03. The normalized spacial score (nSPS) is 22.1. The first-order valence-electron chi connectivity index (χ1n) is 7.85. The van der Waals surface area contributed by atoms with E-state index >= 15 is 0 Å². The van der Waals surface area contributed by atoms with Crippen LogP contribution >= 0.6 is 0 Å². The largest absolute Gasteiger partial charge is 0.303 e. The van der Waals surface area contributed by atoms with Crippen molar-refractivity contribution >= 4 is 0 Å². The van der Waals surface area contributed by atoms with Gasteiger partial charge < -0.3 is 10.2 Å². The monoisotopic (exact) mass is 265 g/mol. The number of nitrogens with one attached hydrogen (secondary N) is 1. The average Bonchev–Trinajstić information content (AvgIpc) is 2.87. The molecule has 1 atom stereocenters. The Balaban J connectivity index is 2.24. The molecule has 110 valence electrons. The van der Waals surface area contributed by atoms with E-state index in [9.17, 15) is 0 Å². The summed E-state index contributed by atoms with van der Waals surface area (Å²) in [6.45, 7) is 10.4. The zero-order chi connectivity index (χ0) is 14.4. The van der Waals surface area contributed by atoms with Crippen molar-refractivity contribution in [3.63, 3.8) is 0 Å². The van der Waals surface area contributed by atoms with Gasteiger partial charge in [-0.15, -0.1) is 0 Å². The van der Waals surface area contributed by atoms with Gasteiger partial charge in [0.1, 0.15) is 5.54 Å². The van der Waals surface area contributed by atoms with Crippen molar-refractivity contribution in [2.24, 2.45) is 5.41 Å². The van der Waals surface area contributed by atoms with E-state index in [-0.39, 0.29) is 5.54 Å². The van der Waals surface area contributed by atoms with Crippen molar-refractivity contribution in [2.45, 2.75) is 64.8 Å². The van der Waals surface area contributed by atoms with Gasteiger partial charge in [0, 0.05) is 6.54 Å². The molecular weight excluding hydrogens is 234 g/mol. The van der Waals surface area contributed by atoms with Crippen molar-refractivity contribution in [3.8, 4) is 6.07 Å². The predicted molar refractivity (Wildman–Crippen MR) is 81.0 cm³/mol. The fourth-order valence-corrected chi connectivity index (χ4v) is 3.10. The lowest BCUT2D eigenvalue weighted by atomic mass is 9.82. The van der Waals surface area contributed by atoms with Crippen molar-refractivity contribution in [1.29, 1.82) is 5.26 Å². The van der Waals surface area contributed by atoms with Gasteiger partial charge in [0.2, 0.25) is 0 Å². The van der Waals surface area contributed by atoms with Crippen molar-refractivity contribution in [2.75, 3.05) is 26.7 Å². The van der Waals surface area contributed by atoms with Gasteiger partial charge in [-0.25, -0.2) is 0 Å². The van der Waals surface area contributed by atoms with Crippen LogP contribution in [0.2, 0.25) is 0 Å². The number of unbranched alkanes of at least 4 members (excludes halogenated alkanes) is 1. The lowest BCUT2D eigenvalue weighted by Gasteiger charge is -2.26. The maximum absolute atomic E-state index is 9.11. The molecule has 1 N–H and O–H groups in total. The topological polar surface area (TPSA) is 39.1 Å². The Labute approximate surface area is 119 Å². The van der Waals surface area contributed by atoms with Crippen LogP contribution in [0.15, 0.2) is 0 Å². The van der Waals surface area contributed by atoms with Crippen molar-refractivity contribution < 1.29 is 0 Å². The van der Waals surface area contributed by atoms with E-state index in [1.165, 1.54) is 45.3 Å². The highest BCUT2D eigenvalue weighted by molar-refractivity contribution is 5.02. The zero-order valence-corrected chi connectivity index (χ0v) is 13.3. The minimum Gasteiger partial charge on any atom is -0.303 e. The molecule has 1 rings (SSSR count). The summed E-state index contributed by atoms with van der Waals surface area (Å²) in [4.78, 5) is 2.62. The highest BCUT2D eigenvalue weighted by Gasteiger charge is 2.34. The lowest BCUT2D eigenvalue weighted by Crippen LogP contribution is -2.38. The van der Waals surface area contributed by atoms with Crippen molar-refractivity contribution in [3.05, 3.63) is 0 Å². The van der Waals surface area contributed by atoms with Crippen LogP contribution in [-0.2, 0) is 0 Å². The molecule has 3 heteroatoms. The summed E-state index contributed by atoms with van der Waals surface area (Å²) in [5.41, 5.74) is 0.244. The summed E-state index contributed by atoms with van der Waals surface area (Å²) < 4.78 is 0. The Hall–Kier alpha value is -0.590. The van der Waals surface area contributed by atoms with Crippen LogP contribution in [0.5, 0.6) is 0 Å². The second-order valence-corrected chi connectivity index (χ2v) is 6.38. The van der Waals surface area contributed by atoms with Gasteiger partial charge in [-0.1, -0.05) is 13.8 Å². The smallest absolute Gasteiger partial charge is 0.103 e. The van der Waals surface area contributed by atoms with Crippen LogP contribution in [0, 0.1) is 16.7 Å². The maximum atomic E-state index is 9.11. The Kier molecular flexibility index (Phi) is 6.29. The molecule has 1 unspecified atom stereocenters. The Morgan fingerprint density at radius 2 is 2.00 bits per heavy atom. The molecule has 19 heavy (non-hydrogen) atoms. The summed E-state index contributed by atoms with van der Waals surface area (Å²) in [5, 5.41) is 12.2. The molecule has 0 radical (unpaired) electrons. The fraction of sp³-hybridized carbons (Fsp3) is 0.938. The van der Waals surface area contributed by atoms with Gasteiger partial charge >= 0.3 is 0 Å². The molecule has 0 aliphatic carbocycles. The van der Waals surface area contributed by atoms with E-state index < -0.39 is 0 Å². The van der Waals surface area contributed by atoms with Gasteiger partial charge in [-0.3, -0.25) is 0 Å². The zero-order valence-electron chi connectivity index (χ0n) is 13.3. The average molecular weight is 265 g/mol. The summed E-state index contributed by atoms with van der Waals surface area (Å²) in [7, 11) is 1.88. The molecule has 3 nitrogen and oxygen atoms in total. The fourth-order valence-electron chi connectivity index (χ4n) is 3.10. The Bertz CT molecular complexity index is 304. The molecule has 1 aliphatic heterocycles. The van der Waals surface area contributed by atoms with Crippen LogP contribution < -0.4 is 5.32 Å². The highest BCUT2D eigenvalue weighted by atomic mass is 15.2. The van der Waals surface area contributed by atoms with Gasteiger partial charge in [0.25, 0.3) is 0 Å². The number of nitrogens with zero attached hydrogens (tertiary/aromatic N) is 2. The number of nitriles is 1. The van der Waals surface area contributed by atoms with E-state index in [2.05, 4.69) is 30.1 Å². The van der Waals surface area contributed by atoms with E-state index in [1.54, 1.807) is 0 Å². The summed E-state index contributed by atoms with van der Waals surface area (Å²) >= 11 is 0. The first kappa shape index (κ1) is 16.5. The van der Waals surface area contributed by atoms with Gasteiger partial charge in [-0.05, 0) is 71.0 Å². The molecule has 0 aromatic carbocycles. The van der Waals surface area contributed by atoms with Crippen LogP contribution in [0.25, 0.3) is 0 Å². The number of hydrogen-bond acceptors (Lipinski definition) is 3. The lowest BCUT2D eigenvalue weighted by molar-refractivity contribution is 0.236. The minimum absolute atomic E-state index is 0.346. The van der Waals surface area contributed by atoms with E-state index in [0.717, 1.165) is 12.8 Å².